The summed E-state index contributed by atoms with van der Waals surface area (Å²) in [7, 11) is 0. The Hall–Kier alpha value is -1.69. The number of benzene rings is 1. The maximum Gasteiger partial charge on any atom is 0.317 e. The van der Waals surface area contributed by atoms with Crippen LogP contribution in [0.4, 0.5) is 5.69 Å². The highest BCUT2D eigenvalue weighted by atomic mass is 79.9. The van der Waals surface area contributed by atoms with Crippen molar-refractivity contribution in [2.24, 2.45) is 5.92 Å². The molecular formula is C14H14BrNO4. The Morgan fingerprint density at radius 3 is 2.60 bits per heavy atom. The van der Waals surface area contributed by atoms with Gasteiger partial charge in [-0.1, -0.05) is 15.9 Å². The number of piperidine rings is 1. The molecule has 1 atom stereocenters. The molecule has 1 amide bonds. The number of ketones is 1. The third-order valence-corrected chi connectivity index (χ3v) is 3.65. The Bertz CT molecular complexity index is 541. The second-order valence-corrected chi connectivity index (χ2v) is 5.31. The fraction of sp³-hybridized carbons (Fsp3) is 0.357. The molecule has 1 aromatic rings. The van der Waals surface area contributed by atoms with E-state index in [-0.39, 0.29) is 6.61 Å². The van der Waals surface area contributed by atoms with Gasteiger partial charge >= 0.3 is 5.97 Å². The summed E-state index contributed by atoms with van der Waals surface area (Å²) in [6.45, 7) is 2.20. The van der Waals surface area contributed by atoms with E-state index in [2.05, 4.69) is 15.9 Å². The average molecular weight is 340 g/mol. The number of carbonyl (C=O) groups is 3. The summed E-state index contributed by atoms with van der Waals surface area (Å²) in [5.74, 6) is -2.93. The lowest BCUT2D eigenvalue weighted by molar-refractivity contribution is -0.155. The van der Waals surface area contributed by atoms with E-state index in [1.54, 1.807) is 31.2 Å². The van der Waals surface area contributed by atoms with Gasteiger partial charge in [0.05, 0.1) is 6.61 Å². The number of esters is 1. The molecule has 1 aromatic carbocycles. The predicted octanol–water partition coefficient (Wildman–Crippen LogP) is 1.93. The first-order chi connectivity index (χ1) is 9.54. The molecule has 0 bridgehead atoms. The van der Waals surface area contributed by atoms with E-state index >= 15 is 0 Å². The number of halogens is 1. The van der Waals surface area contributed by atoms with Crippen molar-refractivity contribution in [3.8, 4) is 0 Å². The molecule has 1 saturated heterocycles. The molecule has 0 aromatic heterocycles. The molecule has 1 unspecified atom stereocenters. The molecule has 20 heavy (non-hydrogen) atoms. The molecule has 0 saturated carbocycles. The Morgan fingerprint density at radius 1 is 1.35 bits per heavy atom. The summed E-state index contributed by atoms with van der Waals surface area (Å²) in [6, 6.07) is 7.09. The topological polar surface area (TPSA) is 63.7 Å². The summed E-state index contributed by atoms with van der Waals surface area (Å²) in [5.41, 5.74) is 0.647. The van der Waals surface area contributed by atoms with Gasteiger partial charge in [0.2, 0.25) is 5.78 Å². The summed E-state index contributed by atoms with van der Waals surface area (Å²) in [4.78, 5) is 37.1. The minimum Gasteiger partial charge on any atom is -0.465 e. The second-order valence-electron chi connectivity index (χ2n) is 4.39. The van der Waals surface area contributed by atoms with Crippen LogP contribution in [0, 0.1) is 5.92 Å². The minimum atomic E-state index is -0.964. The van der Waals surface area contributed by atoms with E-state index in [0.29, 0.717) is 18.7 Å². The van der Waals surface area contributed by atoms with Gasteiger partial charge in [-0.3, -0.25) is 14.4 Å². The van der Waals surface area contributed by atoms with Gasteiger partial charge in [-0.05, 0) is 37.6 Å². The number of hydrogen-bond acceptors (Lipinski definition) is 4. The van der Waals surface area contributed by atoms with Crippen LogP contribution in [0.25, 0.3) is 0 Å². The van der Waals surface area contributed by atoms with Crippen molar-refractivity contribution >= 4 is 39.3 Å². The highest BCUT2D eigenvalue weighted by Crippen LogP contribution is 2.24. The Kier molecular flexibility index (Phi) is 4.54. The number of anilines is 1. The van der Waals surface area contributed by atoms with Crippen LogP contribution >= 0.6 is 15.9 Å². The molecule has 1 aliphatic rings. The normalized spacial score (nSPS) is 19.1. The molecule has 106 valence electrons. The quantitative estimate of drug-likeness (QED) is 0.479. The average Bonchev–Trinajstić information content (AvgIpc) is 2.43. The van der Waals surface area contributed by atoms with Crippen LogP contribution in [-0.4, -0.2) is 30.8 Å². The van der Waals surface area contributed by atoms with Crippen LogP contribution in [0.1, 0.15) is 13.3 Å². The zero-order chi connectivity index (χ0) is 14.7. The van der Waals surface area contributed by atoms with Crippen molar-refractivity contribution in [2.45, 2.75) is 13.3 Å². The number of carbonyl (C=O) groups excluding carboxylic acids is 3. The van der Waals surface area contributed by atoms with Gasteiger partial charge < -0.3 is 9.64 Å². The van der Waals surface area contributed by atoms with Gasteiger partial charge in [-0.25, -0.2) is 0 Å². The van der Waals surface area contributed by atoms with E-state index in [0.717, 1.165) is 4.47 Å². The van der Waals surface area contributed by atoms with E-state index in [4.69, 9.17) is 4.74 Å². The van der Waals surface area contributed by atoms with Crippen molar-refractivity contribution in [3.63, 3.8) is 0 Å². The van der Waals surface area contributed by atoms with Crippen molar-refractivity contribution in [3.05, 3.63) is 28.7 Å². The monoisotopic (exact) mass is 339 g/mol. The first kappa shape index (κ1) is 14.7. The third kappa shape index (κ3) is 2.90. The highest BCUT2D eigenvalue weighted by molar-refractivity contribution is 9.10. The molecule has 0 N–H and O–H groups in total. The van der Waals surface area contributed by atoms with Gasteiger partial charge in [0, 0.05) is 16.7 Å². The van der Waals surface area contributed by atoms with Gasteiger partial charge in [0.15, 0.2) is 0 Å². The van der Waals surface area contributed by atoms with Gasteiger partial charge in [0.25, 0.3) is 5.91 Å². The molecular weight excluding hydrogens is 326 g/mol. The first-order valence-corrected chi connectivity index (χ1v) is 7.11. The fourth-order valence-corrected chi connectivity index (χ4v) is 2.37. The number of rotatable bonds is 3. The standard InChI is InChI=1S/C14H14BrNO4/c1-2-20-14(19)11-7-8-16(13(18)12(11)17)10-5-3-9(15)4-6-10/h3-6,11H,2,7-8H2,1H3. The third-order valence-electron chi connectivity index (χ3n) is 3.12. The molecule has 1 fully saturated rings. The van der Waals surface area contributed by atoms with Crippen LogP contribution < -0.4 is 4.90 Å². The summed E-state index contributed by atoms with van der Waals surface area (Å²) in [6.07, 6.45) is 0.291. The maximum absolute atomic E-state index is 12.1. The molecule has 1 heterocycles. The lowest BCUT2D eigenvalue weighted by atomic mass is 9.94. The number of amides is 1. The summed E-state index contributed by atoms with van der Waals surface area (Å²) in [5, 5.41) is 0. The highest BCUT2D eigenvalue weighted by Gasteiger charge is 2.40. The number of Topliss-reactive ketones (excluding diaryl/α,β-unsaturated/α-hetero) is 1. The molecule has 0 spiro atoms. The lowest BCUT2D eigenvalue weighted by Gasteiger charge is -2.29. The van der Waals surface area contributed by atoms with Crippen molar-refractivity contribution < 1.29 is 19.1 Å². The molecule has 6 heteroatoms. The Labute approximate surface area is 125 Å². The Morgan fingerprint density at radius 2 is 2.00 bits per heavy atom. The molecule has 0 radical (unpaired) electrons. The van der Waals surface area contributed by atoms with Crippen molar-refractivity contribution in [1.82, 2.24) is 0 Å². The van der Waals surface area contributed by atoms with Crippen LogP contribution in [0.5, 0.6) is 0 Å². The maximum atomic E-state index is 12.1. The van der Waals surface area contributed by atoms with Gasteiger partial charge in [0.1, 0.15) is 5.92 Å². The number of nitrogens with zero attached hydrogens (tertiary/aromatic N) is 1. The molecule has 5 nitrogen and oxygen atoms in total. The van der Waals surface area contributed by atoms with Crippen LogP contribution in [0.15, 0.2) is 28.7 Å². The smallest absolute Gasteiger partial charge is 0.317 e. The van der Waals surface area contributed by atoms with E-state index in [1.165, 1.54) is 4.90 Å². The largest absolute Gasteiger partial charge is 0.465 e. The van der Waals surface area contributed by atoms with Crippen LogP contribution in [-0.2, 0) is 19.1 Å². The van der Waals surface area contributed by atoms with Crippen LogP contribution in [0.2, 0.25) is 0 Å². The zero-order valence-electron chi connectivity index (χ0n) is 11.0. The van der Waals surface area contributed by atoms with Crippen LogP contribution in [0.3, 0.4) is 0 Å². The van der Waals surface area contributed by atoms with Gasteiger partial charge in [-0.15, -0.1) is 0 Å². The van der Waals surface area contributed by atoms with Crippen molar-refractivity contribution in [1.29, 1.82) is 0 Å². The van der Waals surface area contributed by atoms with E-state index in [1.807, 2.05) is 0 Å². The Balaban J connectivity index is 2.15. The first-order valence-electron chi connectivity index (χ1n) is 6.32. The minimum absolute atomic E-state index is 0.202. The predicted molar refractivity (Wildman–Crippen MR) is 76.2 cm³/mol. The van der Waals surface area contributed by atoms with Crippen molar-refractivity contribution in [2.75, 3.05) is 18.1 Å². The van der Waals surface area contributed by atoms with Gasteiger partial charge in [-0.2, -0.15) is 0 Å². The fourth-order valence-electron chi connectivity index (χ4n) is 2.11. The molecule has 0 aliphatic carbocycles. The van der Waals surface area contributed by atoms with E-state index < -0.39 is 23.6 Å². The lowest BCUT2D eigenvalue weighted by Crippen LogP contribution is -2.48. The number of ether oxygens (including phenoxy) is 1. The molecule has 1 aliphatic heterocycles. The zero-order valence-corrected chi connectivity index (χ0v) is 12.6. The SMILES string of the molecule is CCOC(=O)C1CCN(c2ccc(Br)cc2)C(=O)C1=O. The second kappa shape index (κ2) is 6.17. The molecule has 2 rings (SSSR count). The van der Waals surface area contributed by atoms with E-state index in [9.17, 15) is 14.4 Å². The number of hydrogen-bond donors (Lipinski definition) is 0. The summed E-state index contributed by atoms with van der Waals surface area (Å²) >= 11 is 3.31. The summed E-state index contributed by atoms with van der Waals surface area (Å²) < 4.78 is 5.71.